The van der Waals surface area contributed by atoms with Crippen molar-refractivity contribution >= 4 is 0 Å². The Kier molecular flexibility index (Phi) is 2.37. The standard InChI is InChI=1S/C10H16FNO/c1-10(2,3)7-6-8(11)12(4)9(7)13-5/h6H,1-5H3. The molecule has 0 fully saturated rings. The maximum absolute atomic E-state index is 13.2. The van der Waals surface area contributed by atoms with Gasteiger partial charge in [0.1, 0.15) is 0 Å². The van der Waals surface area contributed by atoms with Crippen molar-refractivity contribution in [3.63, 3.8) is 0 Å². The topological polar surface area (TPSA) is 14.2 Å². The second-order valence-electron chi connectivity index (χ2n) is 4.20. The average molecular weight is 185 g/mol. The molecule has 1 aromatic heterocycles. The summed E-state index contributed by atoms with van der Waals surface area (Å²) in [5.41, 5.74) is 0.808. The molecule has 0 atom stereocenters. The molecule has 13 heavy (non-hydrogen) atoms. The number of halogens is 1. The van der Waals surface area contributed by atoms with Crippen LogP contribution in [0.15, 0.2) is 6.07 Å². The number of hydrogen-bond donors (Lipinski definition) is 0. The zero-order valence-corrected chi connectivity index (χ0v) is 8.81. The van der Waals surface area contributed by atoms with Crippen molar-refractivity contribution in [1.29, 1.82) is 0 Å². The van der Waals surface area contributed by atoms with Gasteiger partial charge in [0.05, 0.1) is 7.11 Å². The van der Waals surface area contributed by atoms with Crippen molar-refractivity contribution < 1.29 is 9.13 Å². The minimum Gasteiger partial charge on any atom is -0.482 e. The van der Waals surface area contributed by atoms with E-state index in [4.69, 9.17) is 4.74 Å². The first-order chi connectivity index (χ1) is 5.88. The minimum absolute atomic E-state index is 0.0898. The Morgan fingerprint density at radius 2 is 1.92 bits per heavy atom. The zero-order valence-electron chi connectivity index (χ0n) is 8.81. The van der Waals surface area contributed by atoms with Gasteiger partial charge in [-0.1, -0.05) is 20.8 Å². The van der Waals surface area contributed by atoms with Crippen LogP contribution in [0.1, 0.15) is 26.3 Å². The first-order valence-electron chi connectivity index (χ1n) is 4.27. The third-order valence-corrected chi connectivity index (χ3v) is 2.12. The summed E-state index contributed by atoms with van der Waals surface area (Å²) in [6.45, 7) is 6.10. The summed E-state index contributed by atoms with van der Waals surface area (Å²) in [4.78, 5) is 0. The maximum atomic E-state index is 13.2. The quantitative estimate of drug-likeness (QED) is 0.655. The summed E-state index contributed by atoms with van der Waals surface area (Å²) in [5, 5.41) is 0. The van der Waals surface area contributed by atoms with Gasteiger partial charge in [0.25, 0.3) is 0 Å². The molecule has 1 aromatic rings. The smallest absolute Gasteiger partial charge is 0.199 e. The Morgan fingerprint density at radius 1 is 1.38 bits per heavy atom. The van der Waals surface area contributed by atoms with Crippen LogP contribution in [-0.4, -0.2) is 11.7 Å². The van der Waals surface area contributed by atoms with Crippen LogP contribution >= 0.6 is 0 Å². The molecule has 1 heterocycles. The minimum atomic E-state index is -0.262. The number of ether oxygens (including phenoxy) is 1. The van der Waals surface area contributed by atoms with Crippen molar-refractivity contribution in [3.05, 3.63) is 17.6 Å². The van der Waals surface area contributed by atoms with E-state index in [1.54, 1.807) is 14.2 Å². The lowest BCUT2D eigenvalue weighted by molar-refractivity contribution is 0.356. The van der Waals surface area contributed by atoms with Crippen molar-refractivity contribution in [1.82, 2.24) is 4.57 Å². The Labute approximate surface area is 78.3 Å². The molecule has 0 unspecified atom stereocenters. The molecular formula is C10H16FNO. The van der Waals surface area contributed by atoms with Crippen LogP contribution in [0.5, 0.6) is 5.88 Å². The van der Waals surface area contributed by atoms with E-state index < -0.39 is 0 Å². The van der Waals surface area contributed by atoms with Gasteiger partial charge >= 0.3 is 0 Å². The highest BCUT2D eigenvalue weighted by molar-refractivity contribution is 5.35. The van der Waals surface area contributed by atoms with Gasteiger partial charge < -0.3 is 4.74 Å². The predicted octanol–water partition coefficient (Wildman–Crippen LogP) is 2.47. The van der Waals surface area contributed by atoms with Crippen molar-refractivity contribution in [2.75, 3.05) is 7.11 Å². The van der Waals surface area contributed by atoms with Crippen LogP contribution in [-0.2, 0) is 12.5 Å². The molecule has 0 saturated heterocycles. The van der Waals surface area contributed by atoms with Crippen LogP contribution in [0.2, 0.25) is 0 Å². The summed E-state index contributed by atoms with van der Waals surface area (Å²) >= 11 is 0. The molecule has 0 aromatic carbocycles. The molecule has 0 N–H and O–H groups in total. The summed E-state index contributed by atoms with van der Waals surface area (Å²) < 4.78 is 19.8. The van der Waals surface area contributed by atoms with Crippen molar-refractivity contribution in [3.8, 4) is 5.88 Å². The van der Waals surface area contributed by atoms with E-state index in [0.717, 1.165) is 5.56 Å². The molecule has 3 heteroatoms. The van der Waals surface area contributed by atoms with Crippen LogP contribution in [0.25, 0.3) is 0 Å². The molecule has 0 saturated carbocycles. The third kappa shape index (κ3) is 1.69. The molecule has 74 valence electrons. The molecule has 0 aliphatic heterocycles. The monoisotopic (exact) mass is 185 g/mol. The van der Waals surface area contributed by atoms with Gasteiger partial charge in [0.15, 0.2) is 11.8 Å². The van der Waals surface area contributed by atoms with Crippen molar-refractivity contribution in [2.45, 2.75) is 26.2 Å². The van der Waals surface area contributed by atoms with E-state index in [2.05, 4.69) is 0 Å². The van der Waals surface area contributed by atoms with Gasteiger partial charge in [-0.2, -0.15) is 4.39 Å². The fraction of sp³-hybridized carbons (Fsp3) is 0.600. The van der Waals surface area contributed by atoms with E-state index in [0.29, 0.717) is 5.88 Å². The summed E-state index contributed by atoms with van der Waals surface area (Å²) in [5.74, 6) is 0.340. The number of methoxy groups -OCH3 is 1. The van der Waals surface area contributed by atoms with E-state index in [-0.39, 0.29) is 11.4 Å². The van der Waals surface area contributed by atoms with Crippen LogP contribution in [0.3, 0.4) is 0 Å². The van der Waals surface area contributed by atoms with E-state index in [1.165, 1.54) is 10.6 Å². The Hall–Kier alpha value is -0.990. The maximum Gasteiger partial charge on any atom is 0.199 e. The molecule has 0 spiro atoms. The summed E-state index contributed by atoms with van der Waals surface area (Å²) in [6, 6.07) is 1.53. The Morgan fingerprint density at radius 3 is 2.23 bits per heavy atom. The highest BCUT2D eigenvalue weighted by Crippen LogP contribution is 2.32. The molecule has 1 rings (SSSR count). The lowest BCUT2D eigenvalue weighted by Gasteiger charge is -2.18. The van der Waals surface area contributed by atoms with Gasteiger partial charge in [0, 0.05) is 18.7 Å². The highest BCUT2D eigenvalue weighted by atomic mass is 19.1. The van der Waals surface area contributed by atoms with E-state index in [1.807, 2.05) is 20.8 Å². The SMILES string of the molecule is COc1c(C(C)(C)C)cc(F)n1C. The molecule has 2 nitrogen and oxygen atoms in total. The third-order valence-electron chi connectivity index (χ3n) is 2.12. The number of nitrogens with zero attached hydrogens (tertiary/aromatic N) is 1. The fourth-order valence-corrected chi connectivity index (χ4v) is 1.34. The molecule has 0 bridgehead atoms. The van der Waals surface area contributed by atoms with Crippen LogP contribution in [0.4, 0.5) is 4.39 Å². The largest absolute Gasteiger partial charge is 0.482 e. The van der Waals surface area contributed by atoms with Crippen molar-refractivity contribution in [2.24, 2.45) is 7.05 Å². The Bertz CT molecular complexity index is 309. The van der Waals surface area contributed by atoms with Crippen LogP contribution in [0, 0.1) is 5.95 Å². The first-order valence-corrected chi connectivity index (χ1v) is 4.27. The van der Waals surface area contributed by atoms with E-state index >= 15 is 0 Å². The lowest BCUT2D eigenvalue weighted by Crippen LogP contribution is -2.12. The molecular weight excluding hydrogens is 169 g/mol. The molecule has 0 amide bonds. The fourth-order valence-electron chi connectivity index (χ4n) is 1.34. The summed E-state index contributed by atoms with van der Waals surface area (Å²) in [7, 11) is 3.22. The predicted molar refractivity (Wildman–Crippen MR) is 50.6 cm³/mol. The normalized spacial score (nSPS) is 11.8. The average Bonchev–Trinajstić information content (AvgIpc) is 2.28. The second-order valence-corrected chi connectivity index (χ2v) is 4.20. The van der Waals surface area contributed by atoms with Gasteiger partial charge in [-0.25, -0.2) is 0 Å². The van der Waals surface area contributed by atoms with Gasteiger partial charge in [-0.3, -0.25) is 4.57 Å². The number of hydrogen-bond acceptors (Lipinski definition) is 1. The van der Waals surface area contributed by atoms with Crippen LogP contribution < -0.4 is 4.74 Å². The molecule has 0 radical (unpaired) electrons. The number of rotatable bonds is 1. The van der Waals surface area contributed by atoms with Gasteiger partial charge in [-0.05, 0) is 5.41 Å². The Balaban J connectivity index is 3.30. The van der Waals surface area contributed by atoms with E-state index in [9.17, 15) is 4.39 Å². The molecule has 0 aliphatic rings. The summed E-state index contributed by atoms with van der Waals surface area (Å²) in [6.07, 6.45) is 0. The highest BCUT2D eigenvalue weighted by Gasteiger charge is 2.23. The molecule has 0 aliphatic carbocycles. The first kappa shape index (κ1) is 10.1. The van der Waals surface area contributed by atoms with Gasteiger partial charge in [-0.15, -0.1) is 0 Å². The number of aromatic nitrogens is 1. The van der Waals surface area contributed by atoms with Gasteiger partial charge in [0.2, 0.25) is 0 Å². The lowest BCUT2D eigenvalue weighted by atomic mass is 9.89. The second kappa shape index (κ2) is 3.05. The zero-order chi connectivity index (χ0) is 10.2.